The predicted molar refractivity (Wildman–Crippen MR) is 146 cm³/mol. The summed E-state index contributed by atoms with van der Waals surface area (Å²) < 4.78 is 20.2. The number of rotatable bonds is 10. The van der Waals surface area contributed by atoms with Gasteiger partial charge in [-0.3, -0.25) is 14.3 Å². The van der Waals surface area contributed by atoms with Crippen LogP contribution in [0.4, 0.5) is 38.0 Å². The third-order valence-corrected chi connectivity index (χ3v) is 5.36. The fourth-order valence-electron chi connectivity index (χ4n) is 3.44. The largest absolute Gasteiger partial charge is 0.444 e. The van der Waals surface area contributed by atoms with E-state index < -0.39 is 17.8 Å². The Kier molecular flexibility index (Phi) is 8.77. The SMILES string of the molecule is C=CC(=O)Nc1cccc(N(C(=O)OCc2ccc(F)cc2)c2ccnc(Nc3cnn(CC(=O)NC)c3)n2)c1. The van der Waals surface area contributed by atoms with Crippen molar-refractivity contribution in [2.75, 3.05) is 22.6 Å². The molecule has 2 aromatic heterocycles. The van der Waals surface area contributed by atoms with Crippen LogP contribution in [0.3, 0.4) is 0 Å². The molecule has 4 aromatic rings. The summed E-state index contributed by atoms with van der Waals surface area (Å²) in [6.07, 6.45) is 4.90. The van der Waals surface area contributed by atoms with Crippen LogP contribution in [0, 0.1) is 5.82 Å². The summed E-state index contributed by atoms with van der Waals surface area (Å²) in [7, 11) is 1.53. The fraction of sp³-hybridized carbons (Fsp3) is 0.111. The lowest BCUT2D eigenvalue weighted by atomic mass is 10.2. The Balaban J connectivity index is 1.61. The van der Waals surface area contributed by atoms with E-state index in [1.807, 2.05) is 0 Å². The van der Waals surface area contributed by atoms with Crippen molar-refractivity contribution in [3.63, 3.8) is 0 Å². The van der Waals surface area contributed by atoms with Gasteiger partial charge in [-0.05, 0) is 42.0 Å². The van der Waals surface area contributed by atoms with E-state index >= 15 is 0 Å². The number of carbonyl (C=O) groups excluding carboxylic acids is 3. The van der Waals surface area contributed by atoms with Crippen molar-refractivity contribution in [3.05, 3.63) is 97.2 Å². The summed E-state index contributed by atoms with van der Waals surface area (Å²) in [5.41, 5.74) is 1.85. The van der Waals surface area contributed by atoms with Gasteiger partial charge in [0.25, 0.3) is 0 Å². The average Bonchev–Trinajstić information content (AvgIpc) is 3.39. The van der Waals surface area contributed by atoms with Crippen molar-refractivity contribution in [1.29, 1.82) is 0 Å². The first-order valence-corrected chi connectivity index (χ1v) is 11.9. The Hall–Kier alpha value is -5.59. The molecule has 0 radical (unpaired) electrons. The molecule has 204 valence electrons. The fourth-order valence-corrected chi connectivity index (χ4v) is 3.44. The Labute approximate surface area is 228 Å². The number of ether oxygens (including phenoxy) is 1. The van der Waals surface area contributed by atoms with E-state index in [2.05, 4.69) is 37.6 Å². The third-order valence-electron chi connectivity index (χ3n) is 5.36. The summed E-state index contributed by atoms with van der Waals surface area (Å²) >= 11 is 0. The number of nitrogens with one attached hydrogen (secondary N) is 3. The van der Waals surface area contributed by atoms with Crippen LogP contribution in [0.25, 0.3) is 0 Å². The molecule has 0 bridgehead atoms. The van der Waals surface area contributed by atoms with Crippen LogP contribution in [-0.4, -0.2) is 44.7 Å². The molecule has 0 spiro atoms. The van der Waals surface area contributed by atoms with Crippen molar-refractivity contribution in [1.82, 2.24) is 25.1 Å². The van der Waals surface area contributed by atoms with Gasteiger partial charge < -0.3 is 20.7 Å². The first kappa shape index (κ1) is 27.4. The molecule has 13 heteroatoms. The van der Waals surface area contributed by atoms with Gasteiger partial charge in [0.05, 0.1) is 17.6 Å². The smallest absolute Gasteiger partial charge is 0.420 e. The summed E-state index contributed by atoms with van der Waals surface area (Å²) in [6.45, 7) is 3.35. The van der Waals surface area contributed by atoms with Gasteiger partial charge >= 0.3 is 6.09 Å². The van der Waals surface area contributed by atoms with Gasteiger partial charge in [-0.15, -0.1) is 0 Å². The van der Waals surface area contributed by atoms with Crippen LogP contribution in [0.2, 0.25) is 0 Å². The van der Waals surface area contributed by atoms with Crippen molar-refractivity contribution in [2.24, 2.45) is 0 Å². The Morgan fingerprint density at radius 2 is 1.93 bits per heavy atom. The maximum absolute atomic E-state index is 13.4. The lowest BCUT2D eigenvalue weighted by Crippen LogP contribution is -2.28. The highest BCUT2D eigenvalue weighted by Gasteiger charge is 2.22. The molecule has 12 nitrogen and oxygen atoms in total. The summed E-state index contributed by atoms with van der Waals surface area (Å²) in [5.74, 6) is -0.742. The summed E-state index contributed by atoms with van der Waals surface area (Å²) in [5, 5.41) is 12.3. The lowest BCUT2D eigenvalue weighted by Gasteiger charge is -2.22. The zero-order valence-corrected chi connectivity index (χ0v) is 21.4. The van der Waals surface area contributed by atoms with Gasteiger partial charge in [0.15, 0.2) is 0 Å². The minimum atomic E-state index is -0.778. The minimum Gasteiger partial charge on any atom is -0.444 e. The standard InChI is InChI=1S/C27H25FN8O4/c1-3-24(37)32-20-5-4-6-22(13-20)36(27(39)40-17-18-7-9-19(28)10-8-18)23-11-12-30-26(34-23)33-21-14-31-35(15-21)16-25(38)29-2/h3-15H,1,16-17H2,2H3,(H,29,38)(H,32,37)(H,30,33,34). The molecule has 40 heavy (non-hydrogen) atoms. The minimum absolute atomic E-state index is 0.0332. The number of halogens is 1. The van der Waals surface area contributed by atoms with E-state index in [0.717, 1.165) is 6.08 Å². The van der Waals surface area contributed by atoms with Crippen LogP contribution >= 0.6 is 0 Å². The van der Waals surface area contributed by atoms with Gasteiger partial charge in [0, 0.05) is 31.2 Å². The van der Waals surface area contributed by atoms with Gasteiger partial charge in [0.2, 0.25) is 17.8 Å². The topological polar surface area (TPSA) is 143 Å². The monoisotopic (exact) mass is 544 g/mol. The molecule has 2 aromatic carbocycles. The van der Waals surface area contributed by atoms with E-state index in [4.69, 9.17) is 4.74 Å². The third kappa shape index (κ3) is 7.25. The number of aromatic nitrogens is 4. The Morgan fingerprint density at radius 3 is 2.67 bits per heavy atom. The number of carbonyl (C=O) groups is 3. The quantitative estimate of drug-likeness (QED) is 0.255. The van der Waals surface area contributed by atoms with Gasteiger partial charge in [-0.25, -0.2) is 19.1 Å². The molecule has 0 aliphatic carbocycles. The molecule has 0 atom stereocenters. The number of benzene rings is 2. The molecular formula is C27H25FN8O4. The molecule has 0 aliphatic heterocycles. The zero-order chi connectivity index (χ0) is 28.5. The molecule has 4 rings (SSSR count). The molecule has 0 saturated carbocycles. The van der Waals surface area contributed by atoms with Gasteiger partial charge in [-0.1, -0.05) is 24.8 Å². The second-order valence-electron chi connectivity index (χ2n) is 8.22. The summed E-state index contributed by atoms with van der Waals surface area (Å²) in [6, 6.07) is 13.6. The Morgan fingerprint density at radius 1 is 1.12 bits per heavy atom. The van der Waals surface area contributed by atoms with Crippen molar-refractivity contribution < 1.29 is 23.5 Å². The highest BCUT2D eigenvalue weighted by Crippen LogP contribution is 2.28. The number of hydrogen-bond acceptors (Lipinski definition) is 8. The molecule has 3 amide bonds. The van der Waals surface area contributed by atoms with Crippen molar-refractivity contribution in [3.8, 4) is 0 Å². The number of amides is 3. The molecule has 2 heterocycles. The first-order valence-electron chi connectivity index (χ1n) is 11.9. The van der Waals surface area contributed by atoms with Crippen LogP contribution in [0.15, 0.2) is 85.8 Å². The number of hydrogen-bond donors (Lipinski definition) is 3. The van der Waals surface area contributed by atoms with Crippen molar-refractivity contribution >= 4 is 46.7 Å². The molecule has 0 aliphatic rings. The highest BCUT2D eigenvalue weighted by molar-refractivity contribution is 6.00. The van der Waals surface area contributed by atoms with E-state index in [9.17, 15) is 18.8 Å². The first-order chi connectivity index (χ1) is 19.3. The van der Waals surface area contributed by atoms with Gasteiger partial charge in [0.1, 0.15) is 24.8 Å². The van der Waals surface area contributed by atoms with Crippen LogP contribution in [0.5, 0.6) is 0 Å². The number of nitrogens with zero attached hydrogens (tertiary/aromatic N) is 5. The van der Waals surface area contributed by atoms with E-state index in [0.29, 0.717) is 22.6 Å². The number of anilines is 5. The maximum Gasteiger partial charge on any atom is 0.420 e. The van der Waals surface area contributed by atoms with Crippen molar-refractivity contribution in [2.45, 2.75) is 13.2 Å². The van der Waals surface area contributed by atoms with E-state index in [1.54, 1.807) is 30.5 Å². The van der Waals surface area contributed by atoms with Crippen LogP contribution in [0.1, 0.15) is 5.56 Å². The second kappa shape index (κ2) is 12.8. The molecule has 0 unspecified atom stereocenters. The average molecular weight is 545 g/mol. The van der Waals surface area contributed by atoms with Gasteiger partial charge in [-0.2, -0.15) is 10.1 Å². The Bertz CT molecular complexity index is 1520. The molecular weight excluding hydrogens is 519 g/mol. The zero-order valence-electron chi connectivity index (χ0n) is 21.4. The lowest BCUT2D eigenvalue weighted by molar-refractivity contribution is -0.121. The predicted octanol–water partition coefficient (Wildman–Crippen LogP) is 3.90. The van der Waals surface area contributed by atoms with Crippen LogP contribution < -0.4 is 20.9 Å². The maximum atomic E-state index is 13.4. The molecule has 3 N–H and O–H groups in total. The van der Waals surface area contributed by atoms with E-state index in [1.165, 1.54) is 59.4 Å². The van der Waals surface area contributed by atoms with Crippen LogP contribution in [-0.2, 0) is 27.5 Å². The summed E-state index contributed by atoms with van der Waals surface area (Å²) in [4.78, 5) is 46.7. The molecule has 0 saturated heterocycles. The molecule has 0 fully saturated rings. The number of likely N-dealkylation sites (N-methyl/N-ethyl adjacent to an activating group) is 1. The normalized spacial score (nSPS) is 10.3. The van der Waals surface area contributed by atoms with E-state index in [-0.39, 0.29) is 30.8 Å². The second-order valence-corrected chi connectivity index (χ2v) is 8.22. The highest BCUT2D eigenvalue weighted by atomic mass is 19.1.